The Morgan fingerprint density at radius 2 is 2.05 bits per heavy atom. The third-order valence-corrected chi connectivity index (χ3v) is 3.54. The third-order valence-electron chi connectivity index (χ3n) is 3.54. The number of carbonyl (C=O) groups excluding carboxylic acids is 3. The van der Waals surface area contributed by atoms with Crippen molar-refractivity contribution in [3.8, 4) is 5.75 Å². The summed E-state index contributed by atoms with van der Waals surface area (Å²) in [4.78, 5) is 36.8. The van der Waals surface area contributed by atoms with Gasteiger partial charge >= 0.3 is 5.97 Å². The number of hydrogen-bond acceptors (Lipinski definition) is 6. The highest BCUT2D eigenvalue weighted by atomic mass is 16.5. The molecule has 0 amide bonds. The molecule has 0 bridgehead atoms. The first-order valence-corrected chi connectivity index (χ1v) is 6.23. The van der Waals surface area contributed by atoms with Gasteiger partial charge in [-0.1, -0.05) is 12.1 Å². The van der Waals surface area contributed by atoms with Gasteiger partial charge in [0.05, 0.1) is 18.4 Å². The quantitative estimate of drug-likeness (QED) is 0.746. The van der Waals surface area contributed by atoms with Crippen molar-refractivity contribution in [1.82, 2.24) is 5.32 Å². The van der Waals surface area contributed by atoms with Gasteiger partial charge in [-0.15, -0.1) is 0 Å². The monoisotopic (exact) mass is 285 g/mol. The Morgan fingerprint density at radius 1 is 1.29 bits per heavy atom. The predicted octanol–water partition coefficient (Wildman–Crippen LogP) is 0.931. The SMILES string of the molecule is COC(=O)C1C=CNC2=C1C(=O)c1cccc(O)c1C2=O. The molecule has 1 aromatic rings. The smallest absolute Gasteiger partial charge is 0.317 e. The fourth-order valence-electron chi connectivity index (χ4n) is 2.56. The molecule has 21 heavy (non-hydrogen) atoms. The van der Waals surface area contributed by atoms with Crippen LogP contribution in [-0.4, -0.2) is 29.8 Å². The number of Topliss-reactive ketones (excluding diaryl/α,β-unsaturated/α-hetero) is 2. The lowest BCUT2D eigenvalue weighted by molar-refractivity contribution is -0.142. The first-order chi connectivity index (χ1) is 10.1. The zero-order valence-corrected chi connectivity index (χ0v) is 11.0. The number of esters is 1. The minimum Gasteiger partial charge on any atom is -0.507 e. The van der Waals surface area contributed by atoms with Crippen LogP contribution < -0.4 is 5.32 Å². The van der Waals surface area contributed by atoms with Gasteiger partial charge in [0.15, 0.2) is 5.78 Å². The standard InChI is InChI=1S/C15H11NO5/c1-21-15(20)8-5-6-16-12-11(8)13(18)7-3-2-4-9(17)10(7)14(12)19/h2-6,8,16-17H,1H3. The number of ketones is 2. The Hall–Kier alpha value is -2.89. The summed E-state index contributed by atoms with van der Waals surface area (Å²) in [7, 11) is 1.22. The number of fused-ring (bicyclic) bond motifs is 1. The van der Waals surface area contributed by atoms with Crippen LogP contribution in [0.15, 0.2) is 41.7 Å². The van der Waals surface area contributed by atoms with Crippen LogP contribution >= 0.6 is 0 Å². The van der Waals surface area contributed by atoms with E-state index >= 15 is 0 Å². The Morgan fingerprint density at radius 3 is 2.76 bits per heavy atom. The molecule has 0 spiro atoms. The number of allylic oxidation sites excluding steroid dienone is 1. The van der Waals surface area contributed by atoms with Crippen LogP contribution in [0.4, 0.5) is 0 Å². The van der Waals surface area contributed by atoms with E-state index in [1.54, 1.807) is 0 Å². The van der Waals surface area contributed by atoms with Gasteiger partial charge in [-0.25, -0.2) is 0 Å². The van der Waals surface area contributed by atoms with Crippen LogP contribution in [0.1, 0.15) is 20.7 Å². The van der Waals surface area contributed by atoms with Crippen molar-refractivity contribution in [2.24, 2.45) is 5.92 Å². The number of methoxy groups -OCH3 is 1. The van der Waals surface area contributed by atoms with E-state index in [0.29, 0.717) is 0 Å². The van der Waals surface area contributed by atoms with E-state index in [-0.39, 0.29) is 28.1 Å². The lowest BCUT2D eigenvalue weighted by Crippen LogP contribution is -2.36. The van der Waals surface area contributed by atoms with Crippen LogP contribution in [0.25, 0.3) is 0 Å². The maximum Gasteiger partial charge on any atom is 0.317 e. The summed E-state index contributed by atoms with van der Waals surface area (Å²) in [5.74, 6) is -2.80. The normalized spacial score (nSPS) is 19.8. The minimum atomic E-state index is -0.932. The lowest BCUT2D eigenvalue weighted by Gasteiger charge is -2.27. The van der Waals surface area contributed by atoms with Crippen molar-refractivity contribution >= 4 is 17.5 Å². The Labute approximate surface area is 119 Å². The highest BCUT2D eigenvalue weighted by molar-refractivity contribution is 6.29. The molecule has 1 aliphatic carbocycles. The molecular weight excluding hydrogens is 274 g/mol. The molecule has 1 aromatic carbocycles. The number of phenolic OH excluding ortho intramolecular Hbond substituents is 1. The Balaban J connectivity index is 2.21. The first kappa shape index (κ1) is 13.1. The molecule has 2 N–H and O–H groups in total. The molecule has 0 aromatic heterocycles. The zero-order chi connectivity index (χ0) is 15.1. The van der Waals surface area contributed by atoms with Gasteiger partial charge in [0.1, 0.15) is 11.7 Å². The van der Waals surface area contributed by atoms with E-state index in [0.717, 1.165) is 0 Å². The largest absolute Gasteiger partial charge is 0.507 e. The van der Waals surface area contributed by atoms with Gasteiger partial charge in [0.2, 0.25) is 5.78 Å². The summed E-state index contributed by atoms with van der Waals surface area (Å²) >= 11 is 0. The Bertz CT molecular complexity index is 744. The number of benzene rings is 1. The lowest BCUT2D eigenvalue weighted by atomic mass is 9.79. The summed E-state index contributed by atoms with van der Waals surface area (Å²) in [5, 5.41) is 12.5. The summed E-state index contributed by atoms with van der Waals surface area (Å²) in [6, 6.07) is 4.27. The summed E-state index contributed by atoms with van der Waals surface area (Å²) in [6.07, 6.45) is 2.88. The second kappa shape index (κ2) is 4.59. The first-order valence-electron chi connectivity index (χ1n) is 6.23. The maximum atomic E-state index is 12.6. The molecule has 1 heterocycles. The second-order valence-corrected chi connectivity index (χ2v) is 4.65. The van der Waals surface area contributed by atoms with Crippen LogP contribution in [0, 0.1) is 5.92 Å². The molecule has 1 atom stereocenters. The molecule has 0 saturated carbocycles. The number of nitrogens with one attached hydrogen (secondary N) is 1. The Kier molecular flexibility index (Phi) is 2.86. The van der Waals surface area contributed by atoms with Crippen LogP contribution in [0.2, 0.25) is 0 Å². The third kappa shape index (κ3) is 1.76. The highest BCUT2D eigenvalue weighted by Crippen LogP contribution is 2.35. The zero-order valence-electron chi connectivity index (χ0n) is 11.0. The van der Waals surface area contributed by atoms with E-state index in [4.69, 9.17) is 0 Å². The average molecular weight is 285 g/mol. The molecular formula is C15H11NO5. The van der Waals surface area contributed by atoms with E-state index in [9.17, 15) is 19.5 Å². The molecule has 106 valence electrons. The second-order valence-electron chi connectivity index (χ2n) is 4.65. The number of dihydropyridines is 1. The fourth-order valence-corrected chi connectivity index (χ4v) is 2.56. The molecule has 0 fully saturated rings. The molecule has 0 radical (unpaired) electrons. The van der Waals surface area contributed by atoms with Crippen LogP contribution in [-0.2, 0) is 9.53 Å². The van der Waals surface area contributed by atoms with Crippen LogP contribution in [0.3, 0.4) is 0 Å². The van der Waals surface area contributed by atoms with Gasteiger partial charge in [0, 0.05) is 11.1 Å². The highest BCUT2D eigenvalue weighted by Gasteiger charge is 2.40. The molecule has 6 heteroatoms. The fraction of sp³-hybridized carbons (Fsp3) is 0.133. The minimum absolute atomic E-state index is 0.00639. The molecule has 2 aliphatic rings. The van der Waals surface area contributed by atoms with Gasteiger partial charge in [-0.2, -0.15) is 0 Å². The molecule has 1 unspecified atom stereocenters. The maximum absolute atomic E-state index is 12.6. The summed E-state index contributed by atoms with van der Waals surface area (Å²) in [6.45, 7) is 0. The van der Waals surface area contributed by atoms with Crippen molar-refractivity contribution in [1.29, 1.82) is 0 Å². The number of phenols is 1. The number of ether oxygens (including phenoxy) is 1. The molecule has 3 rings (SSSR count). The van der Waals surface area contributed by atoms with E-state index in [1.807, 2.05) is 0 Å². The van der Waals surface area contributed by atoms with E-state index in [1.165, 1.54) is 37.6 Å². The molecule has 1 aliphatic heterocycles. The van der Waals surface area contributed by atoms with Gasteiger partial charge in [-0.05, 0) is 18.3 Å². The van der Waals surface area contributed by atoms with Gasteiger partial charge in [-0.3, -0.25) is 14.4 Å². The molecule has 0 saturated heterocycles. The number of carbonyl (C=O) groups is 3. The van der Waals surface area contributed by atoms with Crippen molar-refractivity contribution in [3.63, 3.8) is 0 Å². The van der Waals surface area contributed by atoms with Gasteiger partial charge in [0.25, 0.3) is 0 Å². The summed E-state index contributed by atoms with van der Waals surface area (Å²) in [5.41, 5.74) is 0.0942. The topological polar surface area (TPSA) is 92.7 Å². The van der Waals surface area contributed by atoms with Crippen molar-refractivity contribution in [3.05, 3.63) is 52.9 Å². The van der Waals surface area contributed by atoms with Crippen LogP contribution in [0.5, 0.6) is 5.75 Å². The molecule has 6 nitrogen and oxygen atoms in total. The number of hydrogen-bond donors (Lipinski definition) is 2. The summed E-state index contributed by atoms with van der Waals surface area (Å²) < 4.78 is 4.67. The van der Waals surface area contributed by atoms with Crippen molar-refractivity contribution in [2.75, 3.05) is 7.11 Å². The van der Waals surface area contributed by atoms with E-state index in [2.05, 4.69) is 10.1 Å². The van der Waals surface area contributed by atoms with Crippen molar-refractivity contribution in [2.45, 2.75) is 0 Å². The predicted molar refractivity (Wildman–Crippen MR) is 71.6 cm³/mol. The van der Waals surface area contributed by atoms with Gasteiger partial charge < -0.3 is 15.2 Å². The number of rotatable bonds is 1. The van der Waals surface area contributed by atoms with Crippen molar-refractivity contribution < 1.29 is 24.2 Å². The average Bonchev–Trinajstić information content (AvgIpc) is 2.51. The number of aromatic hydroxyl groups is 1. The van der Waals surface area contributed by atoms with E-state index < -0.39 is 23.5 Å².